The molecule has 2 aromatic rings. The maximum atomic E-state index is 12.1. The van der Waals surface area contributed by atoms with Crippen LogP contribution in [0.3, 0.4) is 0 Å². The van der Waals surface area contributed by atoms with E-state index in [9.17, 15) is 14.4 Å². The number of rotatable bonds is 5. The summed E-state index contributed by atoms with van der Waals surface area (Å²) in [5, 5.41) is 13.5. The van der Waals surface area contributed by atoms with Gasteiger partial charge in [0.1, 0.15) is 6.54 Å². The smallest absolute Gasteiger partial charge is 0.322 e. The Kier molecular flexibility index (Phi) is 5.09. The van der Waals surface area contributed by atoms with Crippen molar-refractivity contribution in [2.24, 2.45) is 0 Å². The number of carboxylic acids is 1. The van der Waals surface area contributed by atoms with Crippen LogP contribution in [0, 0.1) is 13.0 Å². The van der Waals surface area contributed by atoms with E-state index in [2.05, 4.69) is 16.7 Å². The van der Waals surface area contributed by atoms with Gasteiger partial charge in [-0.3, -0.25) is 14.4 Å². The Morgan fingerprint density at radius 3 is 2.39 bits per heavy atom. The first kappa shape index (κ1) is 16.2. The van der Waals surface area contributed by atoms with E-state index in [4.69, 9.17) is 5.11 Å². The summed E-state index contributed by atoms with van der Waals surface area (Å²) in [7, 11) is 0. The number of benzene rings is 2. The monoisotopic (exact) mass is 311 g/mol. The highest BCUT2D eigenvalue weighted by Crippen LogP contribution is 2.12. The molecule has 0 unspecified atom stereocenters. The Bertz CT molecular complexity index is 739. The zero-order chi connectivity index (χ0) is 16.8. The van der Waals surface area contributed by atoms with Crippen LogP contribution < -0.4 is 10.6 Å². The van der Waals surface area contributed by atoms with Crippen molar-refractivity contribution in [1.82, 2.24) is 5.32 Å². The molecule has 0 aliphatic rings. The molecule has 0 heterocycles. The first-order valence-electron chi connectivity index (χ1n) is 6.85. The normalized spacial score (nSPS) is 9.96. The highest BCUT2D eigenvalue weighted by atomic mass is 16.4. The van der Waals surface area contributed by atoms with E-state index in [0.717, 1.165) is 5.56 Å². The SMILES string of the molecule is Cc1ccc(C(=O)Nc2c[c]cc(C(=O)NCC(=O)O)c2)cc1. The molecule has 0 saturated carbocycles. The van der Waals surface area contributed by atoms with Crippen molar-refractivity contribution in [3.05, 3.63) is 65.2 Å². The number of carbonyl (C=O) groups is 3. The lowest BCUT2D eigenvalue weighted by Crippen LogP contribution is -2.29. The Labute approximate surface area is 133 Å². The first-order valence-corrected chi connectivity index (χ1v) is 6.85. The summed E-state index contributed by atoms with van der Waals surface area (Å²) in [6.45, 7) is 1.45. The van der Waals surface area contributed by atoms with Crippen LogP contribution in [0.15, 0.2) is 42.5 Å². The molecule has 0 aliphatic carbocycles. The molecule has 0 atom stereocenters. The average Bonchev–Trinajstić information content (AvgIpc) is 2.53. The minimum atomic E-state index is -1.13. The van der Waals surface area contributed by atoms with Gasteiger partial charge in [-0.2, -0.15) is 0 Å². The summed E-state index contributed by atoms with van der Waals surface area (Å²) >= 11 is 0. The fourth-order valence-electron chi connectivity index (χ4n) is 1.84. The predicted molar refractivity (Wildman–Crippen MR) is 84.4 cm³/mol. The van der Waals surface area contributed by atoms with E-state index in [1.165, 1.54) is 18.2 Å². The van der Waals surface area contributed by atoms with E-state index in [-0.39, 0.29) is 11.5 Å². The lowest BCUT2D eigenvalue weighted by Gasteiger charge is -2.08. The van der Waals surface area contributed by atoms with Crippen LogP contribution in [0.25, 0.3) is 0 Å². The highest BCUT2D eigenvalue weighted by molar-refractivity contribution is 6.05. The largest absolute Gasteiger partial charge is 0.480 e. The molecule has 1 radical (unpaired) electrons. The van der Waals surface area contributed by atoms with Gasteiger partial charge in [-0.15, -0.1) is 0 Å². The molecule has 2 rings (SSSR count). The molecule has 23 heavy (non-hydrogen) atoms. The number of anilines is 1. The number of nitrogens with one attached hydrogen (secondary N) is 2. The number of carboxylic acid groups (broad SMARTS) is 1. The quantitative estimate of drug-likeness (QED) is 0.785. The topological polar surface area (TPSA) is 95.5 Å². The van der Waals surface area contributed by atoms with Crippen molar-refractivity contribution >= 4 is 23.5 Å². The van der Waals surface area contributed by atoms with Crippen LogP contribution in [-0.4, -0.2) is 29.4 Å². The lowest BCUT2D eigenvalue weighted by molar-refractivity contribution is -0.135. The Morgan fingerprint density at radius 2 is 1.74 bits per heavy atom. The van der Waals surface area contributed by atoms with Crippen LogP contribution >= 0.6 is 0 Å². The fourth-order valence-corrected chi connectivity index (χ4v) is 1.84. The maximum absolute atomic E-state index is 12.1. The molecular formula is C17H15N2O4. The van der Waals surface area contributed by atoms with Crippen LogP contribution in [0.5, 0.6) is 0 Å². The van der Waals surface area contributed by atoms with Gasteiger partial charge < -0.3 is 15.7 Å². The van der Waals surface area contributed by atoms with E-state index in [1.54, 1.807) is 12.1 Å². The van der Waals surface area contributed by atoms with Gasteiger partial charge in [-0.1, -0.05) is 17.7 Å². The van der Waals surface area contributed by atoms with Gasteiger partial charge >= 0.3 is 5.97 Å². The number of hydrogen-bond donors (Lipinski definition) is 3. The Balaban J connectivity index is 2.07. The molecule has 0 bridgehead atoms. The molecule has 2 aromatic carbocycles. The van der Waals surface area contributed by atoms with Gasteiger partial charge in [-0.25, -0.2) is 0 Å². The summed E-state index contributed by atoms with van der Waals surface area (Å²) in [5.41, 5.74) is 2.16. The van der Waals surface area contributed by atoms with Crippen LogP contribution in [0.1, 0.15) is 26.3 Å². The average molecular weight is 311 g/mol. The molecule has 2 amide bonds. The highest BCUT2D eigenvalue weighted by Gasteiger charge is 2.10. The summed E-state index contributed by atoms with van der Waals surface area (Å²) in [6.07, 6.45) is 0. The third kappa shape index (κ3) is 4.67. The Morgan fingerprint density at radius 1 is 1.04 bits per heavy atom. The molecule has 6 nitrogen and oxygen atoms in total. The van der Waals surface area contributed by atoms with Crippen molar-refractivity contribution in [2.75, 3.05) is 11.9 Å². The third-order valence-corrected chi connectivity index (χ3v) is 3.02. The standard InChI is InChI=1S/C17H15N2O4/c1-11-5-7-12(8-6-11)17(23)19-14-4-2-3-13(9-14)16(22)18-10-15(20)21/h3-9H,10H2,1H3,(H,18,22)(H,19,23)(H,20,21). The molecular weight excluding hydrogens is 296 g/mol. The van der Waals surface area contributed by atoms with Gasteiger partial charge in [0.2, 0.25) is 0 Å². The molecule has 6 heteroatoms. The van der Waals surface area contributed by atoms with Gasteiger partial charge in [0.25, 0.3) is 11.8 Å². The van der Waals surface area contributed by atoms with E-state index < -0.39 is 18.4 Å². The second-order valence-electron chi connectivity index (χ2n) is 4.91. The minimum absolute atomic E-state index is 0.216. The minimum Gasteiger partial charge on any atom is -0.480 e. The molecule has 0 spiro atoms. The molecule has 0 fully saturated rings. The van der Waals surface area contributed by atoms with Crippen LogP contribution in [0.4, 0.5) is 5.69 Å². The second kappa shape index (κ2) is 7.22. The van der Waals surface area contributed by atoms with Gasteiger partial charge in [-0.05, 0) is 43.3 Å². The van der Waals surface area contributed by atoms with Crippen molar-refractivity contribution in [1.29, 1.82) is 0 Å². The summed E-state index contributed by atoms with van der Waals surface area (Å²) < 4.78 is 0. The number of hydrogen-bond acceptors (Lipinski definition) is 3. The van der Waals surface area contributed by atoms with E-state index in [0.29, 0.717) is 11.3 Å². The van der Waals surface area contributed by atoms with E-state index in [1.807, 2.05) is 19.1 Å². The molecule has 0 saturated heterocycles. The number of carbonyl (C=O) groups excluding carboxylic acids is 2. The van der Waals surface area contributed by atoms with Gasteiger partial charge in [0.05, 0.1) is 0 Å². The van der Waals surface area contributed by atoms with Crippen LogP contribution in [-0.2, 0) is 4.79 Å². The van der Waals surface area contributed by atoms with Crippen molar-refractivity contribution in [2.45, 2.75) is 6.92 Å². The zero-order valence-corrected chi connectivity index (χ0v) is 12.4. The Hall–Kier alpha value is -3.15. The molecule has 0 aromatic heterocycles. The lowest BCUT2D eigenvalue weighted by atomic mass is 10.1. The number of aliphatic carboxylic acids is 1. The second-order valence-corrected chi connectivity index (χ2v) is 4.91. The molecule has 3 N–H and O–H groups in total. The van der Waals surface area contributed by atoms with Gasteiger partial charge in [0, 0.05) is 16.8 Å². The maximum Gasteiger partial charge on any atom is 0.322 e. The first-order chi connectivity index (χ1) is 11.0. The van der Waals surface area contributed by atoms with Crippen molar-refractivity contribution in [3.8, 4) is 0 Å². The van der Waals surface area contributed by atoms with Gasteiger partial charge in [0.15, 0.2) is 0 Å². The summed E-state index contributed by atoms with van der Waals surface area (Å²) in [6, 6.07) is 14.2. The third-order valence-electron chi connectivity index (χ3n) is 3.02. The fraction of sp³-hybridized carbons (Fsp3) is 0.118. The molecule has 117 valence electrons. The number of aryl methyl sites for hydroxylation is 1. The summed E-state index contributed by atoms with van der Waals surface area (Å²) in [4.78, 5) is 34.4. The van der Waals surface area contributed by atoms with Crippen LogP contribution in [0.2, 0.25) is 0 Å². The predicted octanol–water partition coefficient (Wildman–Crippen LogP) is 1.86. The summed E-state index contributed by atoms with van der Waals surface area (Å²) in [5.74, 6) is -1.98. The van der Waals surface area contributed by atoms with E-state index >= 15 is 0 Å². The zero-order valence-electron chi connectivity index (χ0n) is 12.4. The molecule has 0 aliphatic heterocycles. The van der Waals surface area contributed by atoms with Crippen molar-refractivity contribution < 1.29 is 19.5 Å². The number of amides is 2. The van der Waals surface area contributed by atoms with Crippen molar-refractivity contribution in [3.63, 3.8) is 0 Å².